The maximum atomic E-state index is 13.5. The minimum Gasteiger partial charge on any atom is -0.493 e. The van der Waals surface area contributed by atoms with Crippen molar-refractivity contribution in [2.45, 2.75) is 4.90 Å². The standard InChI is InChI=1S/C33H30N4O6S/c1-42-28-16-11-21(18-29(28)43-2)17-27(37-32(40)23-7-4-3-5-8-23)33(41)36-25-9-6-10-26(19-25)44-20-30(38)35-24-14-12-22(13-15-24)31(34)39/h3-19H,20H2,1-2H3,(H2,34,39)(H,35,38)(H,36,41)(H,37,40)/b27-17+. The van der Waals surface area contributed by atoms with Crippen LogP contribution in [0.3, 0.4) is 0 Å². The van der Waals surface area contributed by atoms with Crippen molar-refractivity contribution >= 4 is 52.8 Å². The van der Waals surface area contributed by atoms with Crippen molar-refractivity contribution in [3.05, 3.63) is 119 Å². The number of hydrogen-bond acceptors (Lipinski definition) is 7. The Morgan fingerprint density at radius 3 is 2.16 bits per heavy atom. The molecule has 4 rings (SSSR count). The summed E-state index contributed by atoms with van der Waals surface area (Å²) in [7, 11) is 3.03. The van der Waals surface area contributed by atoms with Crippen molar-refractivity contribution in [1.29, 1.82) is 0 Å². The molecule has 0 fully saturated rings. The van der Waals surface area contributed by atoms with Crippen molar-refractivity contribution in [3.8, 4) is 11.5 Å². The smallest absolute Gasteiger partial charge is 0.272 e. The van der Waals surface area contributed by atoms with Gasteiger partial charge in [0.25, 0.3) is 11.8 Å². The molecular weight excluding hydrogens is 580 g/mol. The van der Waals surface area contributed by atoms with Crippen molar-refractivity contribution in [2.24, 2.45) is 5.73 Å². The van der Waals surface area contributed by atoms with Crippen molar-refractivity contribution < 1.29 is 28.7 Å². The maximum absolute atomic E-state index is 13.5. The Kier molecular flexibility index (Phi) is 10.8. The third-order valence-corrected chi connectivity index (χ3v) is 7.16. The lowest BCUT2D eigenvalue weighted by atomic mass is 10.1. The SMILES string of the molecule is COc1ccc(/C=C(/NC(=O)c2ccccc2)C(=O)Nc2cccc(SCC(=O)Nc3ccc(C(N)=O)cc3)c2)cc1OC. The van der Waals surface area contributed by atoms with E-state index in [1.165, 1.54) is 44.2 Å². The molecule has 4 aromatic rings. The fraction of sp³-hybridized carbons (Fsp3) is 0.0909. The number of carbonyl (C=O) groups excluding carboxylic acids is 4. The van der Waals surface area contributed by atoms with Crippen LogP contribution in [0.2, 0.25) is 0 Å². The molecule has 0 aromatic heterocycles. The Labute approximate surface area is 258 Å². The van der Waals surface area contributed by atoms with Crippen molar-refractivity contribution in [3.63, 3.8) is 0 Å². The number of nitrogens with one attached hydrogen (secondary N) is 3. The molecule has 0 bridgehead atoms. The van der Waals surface area contributed by atoms with Gasteiger partial charge in [-0.3, -0.25) is 19.2 Å². The van der Waals surface area contributed by atoms with Crippen LogP contribution in [0.1, 0.15) is 26.3 Å². The van der Waals surface area contributed by atoms with Crippen molar-refractivity contribution in [1.82, 2.24) is 5.32 Å². The van der Waals surface area contributed by atoms with E-state index in [0.717, 1.165) is 4.90 Å². The summed E-state index contributed by atoms with van der Waals surface area (Å²) in [6.07, 6.45) is 1.54. The zero-order chi connectivity index (χ0) is 31.5. The summed E-state index contributed by atoms with van der Waals surface area (Å²) in [6, 6.07) is 26.9. The second-order valence-electron chi connectivity index (χ2n) is 9.25. The van der Waals surface area contributed by atoms with E-state index in [1.807, 2.05) is 6.07 Å². The van der Waals surface area contributed by atoms with Crippen LogP contribution in [0, 0.1) is 0 Å². The number of amides is 4. The summed E-state index contributed by atoms with van der Waals surface area (Å²) in [4.78, 5) is 50.9. The predicted molar refractivity (Wildman–Crippen MR) is 171 cm³/mol. The highest BCUT2D eigenvalue weighted by Gasteiger charge is 2.16. The highest BCUT2D eigenvalue weighted by Crippen LogP contribution is 2.28. The average Bonchev–Trinajstić information content (AvgIpc) is 3.04. The average molecular weight is 611 g/mol. The molecule has 10 nitrogen and oxygen atoms in total. The number of rotatable bonds is 12. The van der Waals surface area contributed by atoms with Gasteiger partial charge in [0.1, 0.15) is 5.70 Å². The summed E-state index contributed by atoms with van der Waals surface area (Å²) in [5, 5.41) is 8.30. The van der Waals surface area contributed by atoms with Crippen LogP contribution in [-0.4, -0.2) is 43.6 Å². The number of nitrogens with two attached hydrogens (primary N) is 1. The topological polar surface area (TPSA) is 149 Å². The molecule has 0 aliphatic heterocycles. The Bertz CT molecular complexity index is 1690. The lowest BCUT2D eigenvalue weighted by Gasteiger charge is -2.13. The molecule has 0 aliphatic rings. The first-order valence-corrected chi connectivity index (χ1v) is 14.3. The van der Waals surface area contributed by atoms with E-state index in [9.17, 15) is 19.2 Å². The molecule has 0 radical (unpaired) electrons. The third-order valence-electron chi connectivity index (χ3n) is 6.16. The third kappa shape index (κ3) is 8.73. The quantitative estimate of drug-likeness (QED) is 0.131. The molecule has 0 aliphatic carbocycles. The minimum atomic E-state index is -0.552. The molecule has 0 heterocycles. The first-order chi connectivity index (χ1) is 21.2. The van der Waals surface area contributed by atoms with Crippen LogP contribution in [0.5, 0.6) is 11.5 Å². The zero-order valence-electron chi connectivity index (χ0n) is 24.0. The number of thioether (sulfide) groups is 1. The van der Waals surface area contributed by atoms with E-state index in [1.54, 1.807) is 78.9 Å². The zero-order valence-corrected chi connectivity index (χ0v) is 24.8. The van der Waals surface area contributed by atoms with Gasteiger partial charge in [0.2, 0.25) is 11.8 Å². The van der Waals surface area contributed by atoms with Crippen LogP contribution in [0.15, 0.2) is 108 Å². The number of anilines is 2. The van der Waals surface area contributed by atoms with Gasteiger partial charge in [-0.1, -0.05) is 30.3 Å². The monoisotopic (exact) mass is 610 g/mol. The summed E-state index contributed by atoms with van der Waals surface area (Å²) in [6.45, 7) is 0. The number of primary amides is 1. The molecule has 224 valence electrons. The molecule has 0 saturated heterocycles. The Hall–Kier alpha value is -5.55. The highest BCUT2D eigenvalue weighted by molar-refractivity contribution is 8.00. The van der Waals surface area contributed by atoms with Crippen LogP contribution < -0.4 is 31.2 Å². The molecule has 4 aromatic carbocycles. The van der Waals surface area contributed by atoms with Crippen LogP contribution in [-0.2, 0) is 9.59 Å². The van der Waals surface area contributed by atoms with E-state index < -0.39 is 17.7 Å². The van der Waals surface area contributed by atoms with Gasteiger partial charge in [-0.15, -0.1) is 11.8 Å². The van der Waals surface area contributed by atoms with Gasteiger partial charge in [-0.2, -0.15) is 0 Å². The lowest BCUT2D eigenvalue weighted by Crippen LogP contribution is -2.30. The van der Waals surface area contributed by atoms with Crippen LogP contribution in [0.25, 0.3) is 6.08 Å². The van der Waals surface area contributed by atoms with Gasteiger partial charge in [-0.25, -0.2) is 0 Å². The minimum absolute atomic E-state index is 0.00543. The second-order valence-corrected chi connectivity index (χ2v) is 10.3. The van der Waals surface area contributed by atoms with Gasteiger partial charge in [0.15, 0.2) is 11.5 Å². The van der Waals surface area contributed by atoms with E-state index in [0.29, 0.717) is 39.6 Å². The van der Waals surface area contributed by atoms with Crippen molar-refractivity contribution in [2.75, 3.05) is 30.6 Å². The van der Waals surface area contributed by atoms with E-state index >= 15 is 0 Å². The fourth-order valence-electron chi connectivity index (χ4n) is 3.98. The lowest BCUT2D eigenvalue weighted by molar-refractivity contribution is -0.114. The number of ether oxygens (including phenoxy) is 2. The fourth-order valence-corrected chi connectivity index (χ4v) is 4.73. The highest BCUT2D eigenvalue weighted by atomic mass is 32.2. The number of benzene rings is 4. The summed E-state index contributed by atoms with van der Waals surface area (Å²) < 4.78 is 10.7. The first kappa shape index (κ1) is 31.4. The second kappa shape index (κ2) is 15.1. The van der Waals surface area contributed by atoms with Crippen LogP contribution >= 0.6 is 11.8 Å². The number of carbonyl (C=O) groups is 4. The van der Waals surface area contributed by atoms with Gasteiger partial charge in [0, 0.05) is 27.4 Å². The van der Waals surface area contributed by atoms with Gasteiger partial charge in [0.05, 0.1) is 20.0 Å². The Morgan fingerprint density at radius 1 is 0.750 bits per heavy atom. The van der Waals surface area contributed by atoms with Gasteiger partial charge >= 0.3 is 0 Å². The van der Waals surface area contributed by atoms with Gasteiger partial charge in [-0.05, 0) is 78.4 Å². The summed E-state index contributed by atoms with van der Waals surface area (Å²) in [5.41, 5.74) is 7.59. The molecule has 4 amide bonds. The molecule has 0 unspecified atom stereocenters. The molecule has 5 N–H and O–H groups in total. The first-order valence-electron chi connectivity index (χ1n) is 13.3. The van der Waals surface area contributed by atoms with Crippen LogP contribution in [0.4, 0.5) is 11.4 Å². The predicted octanol–water partition coefficient (Wildman–Crippen LogP) is 4.94. The van der Waals surface area contributed by atoms with E-state index in [4.69, 9.17) is 15.2 Å². The maximum Gasteiger partial charge on any atom is 0.272 e. The number of methoxy groups -OCH3 is 2. The number of hydrogen-bond donors (Lipinski definition) is 4. The molecule has 44 heavy (non-hydrogen) atoms. The molecule has 11 heteroatoms. The molecule has 0 atom stereocenters. The largest absolute Gasteiger partial charge is 0.493 e. The van der Waals surface area contributed by atoms with E-state index in [-0.39, 0.29) is 17.4 Å². The normalized spacial score (nSPS) is 10.8. The summed E-state index contributed by atoms with van der Waals surface area (Å²) in [5.74, 6) is -0.713. The Balaban J connectivity index is 1.47. The molecule has 0 saturated carbocycles. The molecule has 0 spiro atoms. The van der Waals surface area contributed by atoms with Gasteiger partial charge < -0.3 is 31.2 Å². The summed E-state index contributed by atoms with van der Waals surface area (Å²) >= 11 is 1.28. The molecular formula is C33H30N4O6S. The van der Waals surface area contributed by atoms with E-state index in [2.05, 4.69) is 16.0 Å². The Morgan fingerprint density at radius 2 is 1.48 bits per heavy atom.